The molecule has 0 aliphatic heterocycles. The lowest BCUT2D eigenvalue weighted by Crippen LogP contribution is -2.48. The van der Waals surface area contributed by atoms with Gasteiger partial charge in [-0.3, -0.25) is 9.59 Å². The van der Waals surface area contributed by atoms with Crippen LogP contribution in [0.4, 0.5) is 0 Å². The van der Waals surface area contributed by atoms with Crippen molar-refractivity contribution in [2.45, 2.75) is 33.2 Å². The van der Waals surface area contributed by atoms with Crippen molar-refractivity contribution in [1.29, 1.82) is 0 Å². The Morgan fingerprint density at radius 2 is 1.84 bits per heavy atom. The number of carbonyl (C=O) groups is 2. The van der Waals surface area contributed by atoms with Gasteiger partial charge >= 0.3 is 5.97 Å². The lowest BCUT2D eigenvalue weighted by atomic mass is 10.0. The van der Waals surface area contributed by atoms with E-state index in [0.717, 1.165) is 5.56 Å². The van der Waals surface area contributed by atoms with E-state index in [1.807, 2.05) is 0 Å². The van der Waals surface area contributed by atoms with Crippen LogP contribution in [0.3, 0.4) is 0 Å². The molecule has 104 valence electrons. The maximum atomic E-state index is 12.4. The van der Waals surface area contributed by atoms with E-state index in [0.29, 0.717) is 0 Å². The monoisotopic (exact) mass is 265 g/mol. The molecule has 0 fully saturated rings. The van der Waals surface area contributed by atoms with Crippen LogP contribution in [0.1, 0.15) is 36.7 Å². The summed E-state index contributed by atoms with van der Waals surface area (Å²) in [6.45, 7) is 6.65. The molecular weight excluding hydrogens is 246 g/mol. The smallest absolute Gasteiger partial charge is 0.323 e. The first kappa shape index (κ1) is 15.0. The van der Waals surface area contributed by atoms with Gasteiger partial charge in [-0.25, -0.2) is 0 Å². The summed E-state index contributed by atoms with van der Waals surface area (Å²) >= 11 is 0. The van der Waals surface area contributed by atoms with E-state index in [2.05, 4.69) is 0 Å². The number of aromatic hydroxyl groups is 1. The van der Waals surface area contributed by atoms with E-state index in [-0.39, 0.29) is 11.3 Å². The molecule has 5 nitrogen and oxygen atoms in total. The van der Waals surface area contributed by atoms with Crippen molar-refractivity contribution >= 4 is 11.9 Å². The molecule has 0 aliphatic rings. The number of hydrogen-bond acceptors (Lipinski definition) is 3. The van der Waals surface area contributed by atoms with Crippen LogP contribution in [0.5, 0.6) is 5.75 Å². The average molecular weight is 265 g/mol. The van der Waals surface area contributed by atoms with Gasteiger partial charge in [0.15, 0.2) is 0 Å². The van der Waals surface area contributed by atoms with Crippen molar-refractivity contribution in [3.8, 4) is 5.75 Å². The maximum Gasteiger partial charge on any atom is 0.323 e. The summed E-state index contributed by atoms with van der Waals surface area (Å²) in [5.74, 6) is -1.72. The summed E-state index contributed by atoms with van der Waals surface area (Å²) in [7, 11) is 0. The highest BCUT2D eigenvalue weighted by Gasteiger charge is 2.30. The average Bonchev–Trinajstić information content (AvgIpc) is 2.26. The first-order valence-electron chi connectivity index (χ1n) is 5.96. The first-order chi connectivity index (χ1) is 8.62. The SMILES string of the molecule is Cc1ccc(O)c(C(=O)N(CC(=O)O)C(C)(C)C)c1. The molecule has 1 aromatic rings. The molecule has 1 amide bonds. The largest absolute Gasteiger partial charge is 0.507 e. The molecule has 0 atom stereocenters. The molecule has 0 unspecified atom stereocenters. The topological polar surface area (TPSA) is 77.8 Å². The zero-order valence-electron chi connectivity index (χ0n) is 11.6. The Labute approximate surface area is 112 Å². The van der Waals surface area contributed by atoms with Crippen molar-refractivity contribution in [2.75, 3.05) is 6.54 Å². The molecule has 2 N–H and O–H groups in total. The Kier molecular flexibility index (Phi) is 4.19. The standard InChI is InChI=1S/C14H19NO4/c1-9-5-6-11(16)10(7-9)13(19)15(8-12(17)18)14(2,3)4/h5-7,16H,8H2,1-4H3,(H,17,18). The molecule has 0 aliphatic carbocycles. The number of benzene rings is 1. The van der Waals surface area contributed by atoms with Crippen molar-refractivity contribution in [3.05, 3.63) is 29.3 Å². The highest BCUT2D eigenvalue weighted by Crippen LogP contribution is 2.24. The van der Waals surface area contributed by atoms with Gasteiger partial charge in [0, 0.05) is 5.54 Å². The van der Waals surface area contributed by atoms with Gasteiger partial charge in [-0.2, -0.15) is 0 Å². The van der Waals surface area contributed by atoms with E-state index in [1.165, 1.54) is 11.0 Å². The van der Waals surface area contributed by atoms with Crippen LogP contribution < -0.4 is 0 Å². The second kappa shape index (κ2) is 5.30. The predicted molar refractivity (Wildman–Crippen MR) is 71.3 cm³/mol. The number of phenols is 1. The van der Waals surface area contributed by atoms with E-state index < -0.39 is 24.0 Å². The molecule has 19 heavy (non-hydrogen) atoms. The van der Waals surface area contributed by atoms with Gasteiger partial charge in [-0.05, 0) is 39.8 Å². The number of aryl methyl sites for hydroxylation is 1. The molecule has 1 rings (SSSR count). The molecule has 0 bridgehead atoms. The van der Waals surface area contributed by atoms with Crippen LogP contribution in [0.25, 0.3) is 0 Å². The third-order valence-electron chi connectivity index (χ3n) is 2.73. The molecule has 5 heteroatoms. The summed E-state index contributed by atoms with van der Waals surface area (Å²) in [4.78, 5) is 24.5. The third-order valence-corrected chi connectivity index (χ3v) is 2.73. The Balaban J connectivity index is 3.19. The fourth-order valence-electron chi connectivity index (χ4n) is 1.72. The molecule has 0 heterocycles. The zero-order valence-corrected chi connectivity index (χ0v) is 11.6. The second-order valence-electron chi connectivity index (χ2n) is 5.48. The maximum absolute atomic E-state index is 12.4. The van der Waals surface area contributed by atoms with Gasteiger partial charge in [0.05, 0.1) is 5.56 Å². The van der Waals surface area contributed by atoms with Gasteiger partial charge in [-0.1, -0.05) is 11.6 Å². The number of amides is 1. The van der Waals surface area contributed by atoms with E-state index in [1.54, 1.807) is 39.8 Å². The highest BCUT2D eigenvalue weighted by atomic mass is 16.4. The van der Waals surface area contributed by atoms with Crippen molar-refractivity contribution in [2.24, 2.45) is 0 Å². The predicted octanol–water partition coefficient (Wildman–Crippen LogP) is 2.03. The number of carbonyl (C=O) groups excluding carboxylic acids is 1. The van der Waals surface area contributed by atoms with Crippen molar-refractivity contribution in [3.63, 3.8) is 0 Å². The van der Waals surface area contributed by atoms with Crippen LogP contribution in [-0.4, -0.2) is 39.1 Å². The fourth-order valence-corrected chi connectivity index (χ4v) is 1.72. The number of aliphatic carboxylic acids is 1. The minimum absolute atomic E-state index is 0.121. The van der Waals surface area contributed by atoms with Gasteiger partial charge < -0.3 is 15.1 Å². The normalized spacial score (nSPS) is 11.2. The number of nitrogens with zero attached hydrogens (tertiary/aromatic N) is 1. The van der Waals surface area contributed by atoms with Crippen LogP contribution in [0.2, 0.25) is 0 Å². The summed E-state index contributed by atoms with van der Waals surface area (Å²) in [6, 6.07) is 4.67. The molecule has 1 aromatic carbocycles. The quantitative estimate of drug-likeness (QED) is 0.876. The van der Waals surface area contributed by atoms with Crippen LogP contribution in [0, 0.1) is 6.92 Å². The molecule has 0 spiro atoms. The third kappa shape index (κ3) is 3.71. The van der Waals surface area contributed by atoms with E-state index >= 15 is 0 Å². The molecular formula is C14H19NO4. The number of carboxylic acids is 1. The summed E-state index contributed by atoms with van der Waals surface area (Å²) in [6.07, 6.45) is 0. The van der Waals surface area contributed by atoms with Crippen molar-refractivity contribution in [1.82, 2.24) is 4.90 Å². The second-order valence-corrected chi connectivity index (χ2v) is 5.48. The van der Waals surface area contributed by atoms with Crippen molar-refractivity contribution < 1.29 is 19.8 Å². The molecule has 0 aromatic heterocycles. The summed E-state index contributed by atoms with van der Waals surface area (Å²) in [5, 5.41) is 18.7. The minimum Gasteiger partial charge on any atom is -0.507 e. The first-order valence-corrected chi connectivity index (χ1v) is 5.96. The molecule has 0 saturated carbocycles. The lowest BCUT2D eigenvalue weighted by Gasteiger charge is -2.34. The Morgan fingerprint density at radius 3 is 2.32 bits per heavy atom. The number of rotatable bonds is 3. The Bertz CT molecular complexity index is 503. The fraction of sp³-hybridized carbons (Fsp3) is 0.429. The van der Waals surface area contributed by atoms with E-state index in [9.17, 15) is 14.7 Å². The number of phenolic OH excluding ortho intramolecular Hbond substituents is 1. The van der Waals surface area contributed by atoms with Crippen LogP contribution >= 0.6 is 0 Å². The van der Waals surface area contributed by atoms with Gasteiger partial charge in [-0.15, -0.1) is 0 Å². The van der Waals surface area contributed by atoms with Gasteiger partial charge in [0.2, 0.25) is 0 Å². The highest BCUT2D eigenvalue weighted by molar-refractivity contribution is 5.98. The van der Waals surface area contributed by atoms with Crippen LogP contribution in [-0.2, 0) is 4.79 Å². The van der Waals surface area contributed by atoms with Crippen LogP contribution in [0.15, 0.2) is 18.2 Å². The lowest BCUT2D eigenvalue weighted by molar-refractivity contribution is -0.138. The zero-order chi connectivity index (χ0) is 14.8. The molecule has 0 radical (unpaired) electrons. The summed E-state index contributed by atoms with van der Waals surface area (Å²) < 4.78 is 0. The Morgan fingerprint density at radius 1 is 1.26 bits per heavy atom. The number of hydrogen-bond donors (Lipinski definition) is 2. The number of carboxylic acid groups (broad SMARTS) is 1. The van der Waals surface area contributed by atoms with Gasteiger partial charge in [0.25, 0.3) is 5.91 Å². The van der Waals surface area contributed by atoms with E-state index in [4.69, 9.17) is 5.11 Å². The molecule has 0 saturated heterocycles. The minimum atomic E-state index is -1.09. The Hall–Kier alpha value is -2.04. The summed E-state index contributed by atoms with van der Waals surface area (Å²) in [5.41, 5.74) is 0.299. The van der Waals surface area contributed by atoms with Gasteiger partial charge in [0.1, 0.15) is 12.3 Å².